The summed E-state index contributed by atoms with van der Waals surface area (Å²) in [5.41, 5.74) is 7.89. The van der Waals surface area contributed by atoms with Gasteiger partial charge in [-0.15, -0.1) is 0 Å². The second-order valence-electron chi connectivity index (χ2n) is 6.11. The zero-order valence-corrected chi connectivity index (χ0v) is 12.7. The minimum Gasteiger partial charge on any atom is -0.332 e. The molecule has 0 spiro atoms. The Balaban J connectivity index is 1.69. The Hall–Kier alpha value is -2.67. The summed E-state index contributed by atoms with van der Waals surface area (Å²) in [4.78, 5) is 16.5. The van der Waals surface area contributed by atoms with E-state index < -0.39 is 5.54 Å². The van der Waals surface area contributed by atoms with Crippen LogP contribution in [0.5, 0.6) is 0 Å². The Morgan fingerprint density at radius 3 is 2.70 bits per heavy atom. The number of nitrogens with one attached hydrogen (secondary N) is 1. The minimum absolute atomic E-state index is 0.185. The molecule has 0 radical (unpaired) electrons. The van der Waals surface area contributed by atoms with Gasteiger partial charge in [0, 0.05) is 6.07 Å². The summed E-state index contributed by atoms with van der Waals surface area (Å²) in [5.74, 6) is 0.780. The van der Waals surface area contributed by atoms with Gasteiger partial charge in [0.25, 0.3) is 11.4 Å². The first-order valence-corrected chi connectivity index (χ1v) is 7.58. The average molecular weight is 311 g/mol. The molecule has 7 nitrogen and oxygen atoms in total. The fraction of sp³-hybridized carbons (Fsp3) is 0.312. The molecule has 0 bridgehead atoms. The summed E-state index contributed by atoms with van der Waals surface area (Å²) >= 11 is 0. The van der Waals surface area contributed by atoms with Crippen LogP contribution in [0.4, 0.5) is 0 Å². The molecule has 0 saturated heterocycles. The molecule has 1 aliphatic carbocycles. The highest BCUT2D eigenvalue weighted by Gasteiger charge is 2.39. The number of nitrogens with two attached hydrogens (primary N) is 1. The van der Waals surface area contributed by atoms with E-state index >= 15 is 0 Å². The van der Waals surface area contributed by atoms with Gasteiger partial charge in [0.15, 0.2) is 5.82 Å². The van der Waals surface area contributed by atoms with Gasteiger partial charge in [0.1, 0.15) is 5.69 Å². The largest absolute Gasteiger partial charge is 0.332 e. The van der Waals surface area contributed by atoms with E-state index in [0.717, 1.165) is 30.5 Å². The van der Waals surface area contributed by atoms with E-state index in [0.29, 0.717) is 11.5 Å². The molecule has 1 aliphatic rings. The smallest absolute Gasteiger partial charge is 0.276 e. The topological polar surface area (TPSA) is 103 Å². The van der Waals surface area contributed by atoms with Crippen LogP contribution in [0.25, 0.3) is 17.3 Å². The van der Waals surface area contributed by atoms with Gasteiger partial charge in [-0.3, -0.25) is 9.89 Å². The van der Waals surface area contributed by atoms with Gasteiger partial charge >= 0.3 is 0 Å². The Labute approximate surface area is 132 Å². The molecule has 0 unspecified atom stereocenters. The molecule has 1 fully saturated rings. The molecule has 7 heteroatoms. The Kier molecular flexibility index (Phi) is 2.99. The van der Waals surface area contributed by atoms with Gasteiger partial charge in [-0.1, -0.05) is 22.9 Å². The number of aromatic amines is 1. The van der Waals surface area contributed by atoms with Crippen molar-refractivity contribution in [3.05, 3.63) is 52.1 Å². The maximum Gasteiger partial charge on any atom is 0.276 e. The van der Waals surface area contributed by atoms with E-state index in [-0.39, 0.29) is 11.4 Å². The van der Waals surface area contributed by atoms with Crippen molar-refractivity contribution in [1.82, 2.24) is 19.9 Å². The quantitative estimate of drug-likeness (QED) is 0.768. The van der Waals surface area contributed by atoms with Gasteiger partial charge in [-0.05, 0) is 38.3 Å². The molecule has 3 N–H and O–H groups in total. The first-order chi connectivity index (χ1) is 11.0. The van der Waals surface area contributed by atoms with Crippen LogP contribution in [0.1, 0.15) is 30.7 Å². The lowest BCUT2D eigenvalue weighted by atomic mass is 9.77. The zero-order valence-electron chi connectivity index (χ0n) is 12.7. The molecule has 0 aliphatic heterocycles. The van der Waals surface area contributed by atoms with Gasteiger partial charge in [-0.25, -0.2) is 4.68 Å². The molecule has 1 aromatic carbocycles. The highest BCUT2D eigenvalue weighted by molar-refractivity contribution is 5.47. The molecule has 3 aromatic rings. The molecule has 4 rings (SSSR count). The van der Waals surface area contributed by atoms with Crippen LogP contribution in [0, 0.1) is 6.92 Å². The lowest BCUT2D eigenvalue weighted by molar-refractivity contribution is 0.229. The molecule has 1 saturated carbocycles. The number of H-pyrrole nitrogens is 1. The molecule has 118 valence electrons. The first kappa shape index (κ1) is 14.0. The highest BCUT2D eigenvalue weighted by Crippen LogP contribution is 2.37. The number of aromatic nitrogens is 4. The average Bonchev–Trinajstić information content (AvgIpc) is 3.13. The van der Waals surface area contributed by atoms with Crippen LogP contribution >= 0.6 is 0 Å². The highest BCUT2D eigenvalue weighted by atomic mass is 16.5. The number of benzene rings is 1. The van der Waals surface area contributed by atoms with Crippen molar-refractivity contribution in [2.45, 2.75) is 31.7 Å². The number of rotatable bonds is 3. The first-order valence-electron chi connectivity index (χ1n) is 7.58. The van der Waals surface area contributed by atoms with E-state index in [9.17, 15) is 4.79 Å². The van der Waals surface area contributed by atoms with Crippen molar-refractivity contribution in [2.24, 2.45) is 5.73 Å². The second kappa shape index (κ2) is 4.92. The van der Waals surface area contributed by atoms with Crippen molar-refractivity contribution in [3.63, 3.8) is 0 Å². The fourth-order valence-corrected chi connectivity index (χ4v) is 2.71. The third-order valence-electron chi connectivity index (χ3n) is 4.36. The Morgan fingerprint density at radius 2 is 2.04 bits per heavy atom. The van der Waals surface area contributed by atoms with E-state index in [4.69, 9.17) is 10.3 Å². The summed E-state index contributed by atoms with van der Waals surface area (Å²) in [5, 5.41) is 6.97. The van der Waals surface area contributed by atoms with Crippen molar-refractivity contribution in [2.75, 3.05) is 0 Å². The lowest BCUT2D eigenvalue weighted by Gasteiger charge is -2.34. The van der Waals surface area contributed by atoms with Gasteiger partial charge in [0.05, 0.1) is 11.2 Å². The van der Waals surface area contributed by atoms with E-state index in [1.165, 1.54) is 10.7 Å². The molecular formula is C16H17N5O2. The monoisotopic (exact) mass is 311 g/mol. The molecule has 2 heterocycles. The normalized spacial score (nSPS) is 16.3. The lowest BCUT2D eigenvalue weighted by Crippen LogP contribution is -2.44. The van der Waals surface area contributed by atoms with Crippen LogP contribution in [0.15, 0.2) is 39.6 Å². The third kappa shape index (κ3) is 2.29. The Bertz CT molecular complexity index is 899. The van der Waals surface area contributed by atoms with Gasteiger partial charge < -0.3 is 10.3 Å². The molecular weight excluding hydrogens is 294 g/mol. The van der Waals surface area contributed by atoms with Crippen LogP contribution < -0.4 is 11.3 Å². The molecule has 2 aromatic heterocycles. The number of aryl methyl sites for hydroxylation is 1. The van der Waals surface area contributed by atoms with Gasteiger partial charge in [0.2, 0.25) is 0 Å². The van der Waals surface area contributed by atoms with Crippen molar-refractivity contribution < 1.29 is 4.52 Å². The van der Waals surface area contributed by atoms with Crippen LogP contribution in [0.3, 0.4) is 0 Å². The van der Waals surface area contributed by atoms with E-state index in [2.05, 4.69) is 15.2 Å². The molecule has 23 heavy (non-hydrogen) atoms. The molecule has 0 amide bonds. The fourth-order valence-electron chi connectivity index (χ4n) is 2.71. The van der Waals surface area contributed by atoms with Crippen LogP contribution in [0.2, 0.25) is 0 Å². The summed E-state index contributed by atoms with van der Waals surface area (Å²) in [6.07, 6.45) is 2.78. The van der Waals surface area contributed by atoms with Crippen LogP contribution in [-0.4, -0.2) is 19.9 Å². The van der Waals surface area contributed by atoms with E-state index in [1.807, 2.05) is 31.2 Å². The Morgan fingerprint density at radius 1 is 1.30 bits per heavy atom. The van der Waals surface area contributed by atoms with Gasteiger partial charge in [-0.2, -0.15) is 4.98 Å². The summed E-state index contributed by atoms with van der Waals surface area (Å²) in [6.45, 7) is 2.00. The maximum absolute atomic E-state index is 12.2. The molecule has 0 atom stereocenters. The predicted molar refractivity (Wildman–Crippen MR) is 84.1 cm³/mol. The number of hydrogen-bond acceptors (Lipinski definition) is 5. The third-order valence-corrected chi connectivity index (χ3v) is 4.36. The standard InChI is InChI=1S/C16H17N5O2/c1-10-3-5-11(6-4-10)21-13(22)9-12(19-21)14-18-15(20-23-14)16(17)7-2-8-16/h3-6,9,19H,2,7-8,17H2,1H3. The summed E-state index contributed by atoms with van der Waals surface area (Å²) in [7, 11) is 0. The van der Waals surface area contributed by atoms with Crippen molar-refractivity contribution in [3.8, 4) is 17.3 Å². The maximum atomic E-state index is 12.2. The van der Waals surface area contributed by atoms with E-state index in [1.54, 1.807) is 0 Å². The second-order valence-corrected chi connectivity index (χ2v) is 6.11. The van der Waals surface area contributed by atoms with Crippen molar-refractivity contribution >= 4 is 0 Å². The summed E-state index contributed by atoms with van der Waals surface area (Å²) < 4.78 is 6.72. The van der Waals surface area contributed by atoms with Crippen LogP contribution in [-0.2, 0) is 5.54 Å². The number of hydrogen-bond donors (Lipinski definition) is 2. The van der Waals surface area contributed by atoms with Crippen molar-refractivity contribution in [1.29, 1.82) is 0 Å². The zero-order chi connectivity index (χ0) is 16.0. The minimum atomic E-state index is -0.485. The summed E-state index contributed by atoms with van der Waals surface area (Å²) in [6, 6.07) is 9.09. The predicted octanol–water partition coefficient (Wildman–Crippen LogP) is 1.86. The SMILES string of the molecule is Cc1ccc(-n2[nH]c(-c3nc(C4(N)CCC4)no3)cc2=O)cc1. The number of nitrogens with zero attached hydrogens (tertiary/aromatic N) is 3.